The van der Waals surface area contributed by atoms with Crippen molar-refractivity contribution in [1.82, 2.24) is 25.5 Å². The number of benzene rings is 2. The Labute approximate surface area is 157 Å². The molecular formula is C19H20ClN5O. The molecular weight excluding hydrogens is 350 g/mol. The lowest BCUT2D eigenvalue weighted by Crippen LogP contribution is -2.40. The maximum Gasteiger partial charge on any atom is 0.251 e. The van der Waals surface area contributed by atoms with Gasteiger partial charge in [0.1, 0.15) is 0 Å². The first-order chi connectivity index (χ1) is 12.2. The molecule has 1 amide bonds. The second-order valence-corrected chi connectivity index (χ2v) is 7.55. The second-order valence-electron chi connectivity index (χ2n) is 7.12. The van der Waals surface area contributed by atoms with E-state index in [9.17, 15) is 4.79 Å². The zero-order valence-corrected chi connectivity index (χ0v) is 15.9. The third-order valence-corrected chi connectivity index (χ3v) is 3.97. The summed E-state index contributed by atoms with van der Waals surface area (Å²) in [6.07, 6.45) is 0. The van der Waals surface area contributed by atoms with E-state index in [-0.39, 0.29) is 11.4 Å². The van der Waals surface area contributed by atoms with Crippen LogP contribution in [0.15, 0.2) is 42.5 Å². The quantitative estimate of drug-likeness (QED) is 0.761. The van der Waals surface area contributed by atoms with Gasteiger partial charge in [0.25, 0.3) is 5.91 Å². The van der Waals surface area contributed by atoms with E-state index in [0.29, 0.717) is 16.4 Å². The number of carbonyl (C=O) groups is 1. The van der Waals surface area contributed by atoms with Crippen LogP contribution >= 0.6 is 11.6 Å². The van der Waals surface area contributed by atoms with E-state index in [4.69, 9.17) is 11.6 Å². The number of hydrogen-bond acceptors (Lipinski definition) is 4. The van der Waals surface area contributed by atoms with Gasteiger partial charge in [-0.2, -0.15) is 4.68 Å². The molecule has 1 heterocycles. The van der Waals surface area contributed by atoms with Crippen molar-refractivity contribution in [2.45, 2.75) is 33.2 Å². The molecule has 7 heteroatoms. The molecule has 0 aliphatic carbocycles. The lowest BCUT2D eigenvalue weighted by atomic mass is 10.0. The van der Waals surface area contributed by atoms with E-state index >= 15 is 0 Å². The first kappa shape index (κ1) is 18.1. The lowest BCUT2D eigenvalue weighted by molar-refractivity contribution is 0.0919. The van der Waals surface area contributed by atoms with Gasteiger partial charge in [0, 0.05) is 16.1 Å². The highest BCUT2D eigenvalue weighted by molar-refractivity contribution is 6.30. The molecule has 2 aromatic carbocycles. The monoisotopic (exact) mass is 369 g/mol. The third kappa shape index (κ3) is 4.08. The van der Waals surface area contributed by atoms with E-state index in [1.807, 2.05) is 64.1 Å². The Bertz CT molecular complexity index is 941. The Morgan fingerprint density at radius 2 is 1.77 bits per heavy atom. The maximum absolute atomic E-state index is 12.7. The fourth-order valence-electron chi connectivity index (χ4n) is 2.56. The minimum absolute atomic E-state index is 0.153. The van der Waals surface area contributed by atoms with E-state index in [0.717, 1.165) is 16.8 Å². The Morgan fingerprint density at radius 3 is 2.35 bits per heavy atom. The highest BCUT2D eigenvalue weighted by atomic mass is 35.5. The van der Waals surface area contributed by atoms with Crippen molar-refractivity contribution >= 4 is 17.5 Å². The number of halogens is 1. The zero-order chi connectivity index (χ0) is 18.9. The van der Waals surface area contributed by atoms with Crippen molar-refractivity contribution in [3.63, 3.8) is 0 Å². The van der Waals surface area contributed by atoms with E-state index in [2.05, 4.69) is 20.8 Å². The van der Waals surface area contributed by atoms with Crippen LogP contribution in [0, 0.1) is 6.92 Å². The summed E-state index contributed by atoms with van der Waals surface area (Å²) in [5.41, 5.74) is 2.76. The minimum Gasteiger partial charge on any atom is -0.347 e. The normalized spacial score (nSPS) is 11.4. The summed E-state index contributed by atoms with van der Waals surface area (Å²) in [6, 6.07) is 13.1. The largest absolute Gasteiger partial charge is 0.347 e. The Morgan fingerprint density at radius 1 is 1.08 bits per heavy atom. The van der Waals surface area contributed by atoms with E-state index < -0.39 is 0 Å². The van der Waals surface area contributed by atoms with E-state index in [1.165, 1.54) is 0 Å². The summed E-state index contributed by atoms with van der Waals surface area (Å²) < 4.78 is 1.60. The van der Waals surface area contributed by atoms with Crippen LogP contribution in [0.5, 0.6) is 0 Å². The van der Waals surface area contributed by atoms with Crippen molar-refractivity contribution in [3.8, 4) is 16.8 Å². The smallest absolute Gasteiger partial charge is 0.251 e. The summed E-state index contributed by atoms with van der Waals surface area (Å²) in [7, 11) is 0. The van der Waals surface area contributed by atoms with Gasteiger partial charge in [0.15, 0.2) is 5.82 Å². The van der Waals surface area contributed by atoms with Gasteiger partial charge in [-0.3, -0.25) is 4.79 Å². The van der Waals surface area contributed by atoms with Crippen LogP contribution in [0.3, 0.4) is 0 Å². The maximum atomic E-state index is 12.7. The van der Waals surface area contributed by atoms with Crippen molar-refractivity contribution in [3.05, 3.63) is 58.9 Å². The Kier molecular flexibility index (Phi) is 4.78. The summed E-state index contributed by atoms with van der Waals surface area (Å²) in [6.45, 7) is 7.64. The Balaban J connectivity index is 2.12. The molecule has 26 heavy (non-hydrogen) atoms. The number of tetrazole rings is 1. The van der Waals surface area contributed by atoms with Crippen LogP contribution in [-0.2, 0) is 0 Å². The van der Waals surface area contributed by atoms with Gasteiger partial charge >= 0.3 is 0 Å². The van der Waals surface area contributed by atoms with Crippen LogP contribution in [0.2, 0.25) is 5.02 Å². The molecule has 3 rings (SSSR count). The molecule has 0 unspecified atom stereocenters. The summed E-state index contributed by atoms with van der Waals surface area (Å²) >= 11 is 5.99. The fourth-order valence-corrected chi connectivity index (χ4v) is 2.68. The first-order valence-electron chi connectivity index (χ1n) is 8.22. The van der Waals surface area contributed by atoms with Crippen molar-refractivity contribution in [2.24, 2.45) is 0 Å². The first-order valence-corrected chi connectivity index (χ1v) is 8.60. The molecule has 134 valence electrons. The number of aryl methyl sites for hydroxylation is 1. The van der Waals surface area contributed by atoms with Gasteiger partial charge in [0.05, 0.1) is 5.69 Å². The fraction of sp³-hybridized carbons (Fsp3) is 0.263. The molecule has 0 aliphatic heterocycles. The molecule has 1 aromatic heterocycles. The molecule has 0 atom stereocenters. The van der Waals surface area contributed by atoms with Gasteiger partial charge in [-0.15, -0.1) is 5.10 Å². The molecule has 0 radical (unpaired) electrons. The van der Waals surface area contributed by atoms with E-state index in [1.54, 1.807) is 10.7 Å². The standard InChI is InChI=1S/C19H20ClN5O/c1-12-22-23-24-25(12)17-10-14(13-5-7-16(20)8-6-13)9-15(11-17)18(26)21-19(2,3)4/h5-11H,1-4H3,(H,21,26). The van der Waals surface area contributed by atoms with Crippen molar-refractivity contribution < 1.29 is 4.79 Å². The molecule has 0 fully saturated rings. The highest BCUT2D eigenvalue weighted by Gasteiger charge is 2.18. The molecule has 0 aliphatic rings. The predicted octanol–water partition coefficient (Wildman–Crippen LogP) is 3.82. The van der Waals surface area contributed by atoms with Crippen molar-refractivity contribution in [2.75, 3.05) is 0 Å². The average Bonchev–Trinajstić information content (AvgIpc) is 2.99. The molecule has 0 saturated carbocycles. The highest BCUT2D eigenvalue weighted by Crippen LogP contribution is 2.26. The average molecular weight is 370 g/mol. The SMILES string of the molecule is Cc1nnnn1-c1cc(C(=O)NC(C)(C)C)cc(-c2ccc(Cl)cc2)c1. The zero-order valence-electron chi connectivity index (χ0n) is 15.1. The number of aromatic nitrogens is 4. The van der Waals surface area contributed by atoms with Crippen LogP contribution in [0.25, 0.3) is 16.8 Å². The predicted molar refractivity (Wildman–Crippen MR) is 102 cm³/mol. The van der Waals surface area contributed by atoms with Crippen LogP contribution < -0.4 is 5.32 Å². The lowest BCUT2D eigenvalue weighted by Gasteiger charge is -2.21. The third-order valence-electron chi connectivity index (χ3n) is 3.72. The molecule has 0 spiro atoms. The van der Waals surface area contributed by atoms with Gasteiger partial charge in [-0.25, -0.2) is 0 Å². The number of amides is 1. The summed E-state index contributed by atoms with van der Waals surface area (Å²) in [5.74, 6) is 0.487. The second kappa shape index (κ2) is 6.88. The molecule has 1 N–H and O–H groups in total. The van der Waals surface area contributed by atoms with Gasteiger partial charge < -0.3 is 5.32 Å². The topological polar surface area (TPSA) is 72.7 Å². The summed E-state index contributed by atoms with van der Waals surface area (Å²) in [4.78, 5) is 12.7. The van der Waals surface area contributed by atoms with Crippen molar-refractivity contribution in [1.29, 1.82) is 0 Å². The number of nitrogens with one attached hydrogen (secondary N) is 1. The van der Waals surface area contributed by atoms with Gasteiger partial charge in [-0.05, 0) is 79.6 Å². The van der Waals surface area contributed by atoms with Gasteiger partial charge in [0.2, 0.25) is 0 Å². The molecule has 6 nitrogen and oxygen atoms in total. The number of rotatable bonds is 3. The Hall–Kier alpha value is -2.73. The minimum atomic E-state index is -0.335. The summed E-state index contributed by atoms with van der Waals surface area (Å²) in [5, 5.41) is 15.3. The number of hydrogen-bond donors (Lipinski definition) is 1. The van der Waals surface area contributed by atoms with Crippen LogP contribution in [-0.4, -0.2) is 31.7 Å². The molecule has 0 saturated heterocycles. The number of carbonyl (C=O) groups excluding carboxylic acids is 1. The molecule has 3 aromatic rings. The van der Waals surface area contributed by atoms with Crippen LogP contribution in [0.4, 0.5) is 0 Å². The number of nitrogens with zero attached hydrogens (tertiary/aromatic N) is 4. The van der Waals surface area contributed by atoms with Gasteiger partial charge in [-0.1, -0.05) is 23.7 Å². The van der Waals surface area contributed by atoms with Crippen LogP contribution in [0.1, 0.15) is 37.0 Å². The molecule has 0 bridgehead atoms.